The summed E-state index contributed by atoms with van der Waals surface area (Å²) in [7, 11) is 0. The predicted molar refractivity (Wildman–Crippen MR) is 29.0 cm³/mol. The van der Waals surface area contributed by atoms with E-state index in [1.54, 1.807) is 0 Å². The summed E-state index contributed by atoms with van der Waals surface area (Å²) in [5.74, 6) is -4.10. The lowest BCUT2D eigenvalue weighted by Gasteiger charge is -1.88. The van der Waals surface area contributed by atoms with Gasteiger partial charge < -0.3 is 5.11 Å². The molecule has 0 heterocycles. The molecule has 0 spiro atoms. The van der Waals surface area contributed by atoms with Gasteiger partial charge in [0.1, 0.15) is 0 Å². The molecule has 0 amide bonds. The van der Waals surface area contributed by atoms with E-state index in [4.69, 9.17) is 5.11 Å². The second-order valence-corrected chi connectivity index (χ2v) is 2.36. The van der Waals surface area contributed by atoms with Crippen LogP contribution >= 0.6 is 0 Å². The normalized spacial score (nSPS) is 38.7. The first-order valence-electron chi connectivity index (χ1n) is 2.92. The summed E-state index contributed by atoms with van der Waals surface area (Å²) in [6.07, 6.45) is 0.220. The minimum absolute atomic E-state index is 0.220. The smallest absolute Gasteiger partial charge is 0.256 e. The average Bonchev–Trinajstić information content (AvgIpc) is 2.32. The van der Waals surface area contributed by atoms with Gasteiger partial charge in [-0.2, -0.15) is 0 Å². The molecule has 0 aliphatic heterocycles. The Hall–Kier alpha value is -0.180. The molecule has 1 nitrogen and oxygen atoms in total. The van der Waals surface area contributed by atoms with Gasteiger partial charge in [0.25, 0.3) is 5.92 Å². The summed E-state index contributed by atoms with van der Waals surface area (Å²) in [4.78, 5) is 0. The summed E-state index contributed by atoms with van der Waals surface area (Å²) >= 11 is 0. The highest BCUT2D eigenvalue weighted by molar-refractivity contribution is 5.04. The van der Waals surface area contributed by atoms with Gasteiger partial charge in [-0.3, -0.25) is 0 Å². The molecule has 0 aromatic rings. The number of alkyl halides is 2. The van der Waals surface area contributed by atoms with Gasteiger partial charge in [-0.1, -0.05) is 6.92 Å². The zero-order chi connectivity index (χ0) is 7.07. The Bertz CT molecular complexity index is 102. The van der Waals surface area contributed by atoms with Crippen molar-refractivity contribution in [2.75, 3.05) is 6.61 Å². The second kappa shape index (κ2) is 1.90. The molecule has 1 aliphatic rings. The van der Waals surface area contributed by atoms with Crippen LogP contribution in [0, 0.1) is 18.8 Å². The monoisotopic (exact) mass is 135 g/mol. The maximum Gasteiger partial charge on any atom is 0.256 e. The molecule has 0 saturated heterocycles. The Morgan fingerprint density at radius 2 is 2.00 bits per heavy atom. The Morgan fingerprint density at radius 3 is 2.11 bits per heavy atom. The molecule has 1 fully saturated rings. The molecule has 1 rings (SSSR count). The molecule has 0 aromatic heterocycles. The SMILES string of the molecule is [CH2]CC1C(CO)C1(F)F. The van der Waals surface area contributed by atoms with Gasteiger partial charge in [0.15, 0.2) is 0 Å². The molecule has 1 aliphatic carbocycles. The lowest BCUT2D eigenvalue weighted by molar-refractivity contribution is 0.0723. The highest BCUT2D eigenvalue weighted by Crippen LogP contribution is 2.56. The van der Waals surface area contributed by atoms with Gasteiger partial charge >= 0.3 is 0 Å². The van der Waals surface area contributed by atoms with Crippen molar-refractivity contribution < 1.29 is 13.9 Å². The summed E-state index contributed by atoms with van der Waals surface area (Å²) in [6.45, 7) is 2.94. The van der Waals surface area contributed by atoms with Crippen molar-refractivity contribution in [1.82, 2.24) is 0 Å². The number of halogens is 2. The van der Waals surface area contributed by atoms with Crippen LogP contribution in [0.3, 0.4) is 0 Å². The Morgan fingerprint density at radius 1 is 1.44 bits per heavy atom. The first-order chi connectivity index (χ1) is 4.14. The van der Waals surface area contributed by atoms with E-state index in [0.29, 0.717) is 0 Å². The van der Waals surface area contributed by atoms with Crippen molar-refractivity contribution in [3.63, 3.8) is 0 Å². The van der Waals surface area contributed by atoms with Crippen LogP contribution in [0.25, 0.3) is 0 Å². The maximum absolute atomic E-state index is 12.3. The lowest BCUT2D eigenvalue weighted by atomic mass is 10.3. The molecule has 1 saturated carbocycles. The molecule has 0 aromatic carbocycles. The molecule has 2 atom stereocenters. The van der Waals surface area contributed by atoms with E-state index in [-0.39, 0.29) is 6.42 Å². The largest absolute Gasteiger partial charge is 0.396 e. The number of hydrogen-bond donors (Lipinski definition) is 1. The van der Waals surface area contributed by atoms with E-state index in [1.165, 1.54) is 0 Å². The van der Waals surface area contributed by atoms with Crippen LogP contribution in [0.2, 0.25) is 0 Å². The molecular weight excluding hydrogens is 126 g/mol. The third kappa shape index (κ3) is 0.834. The Balaban J connectivity index is 2.45. The quantitative estimate of drug-likeness (QED) is 0.600. The van der Waals surface area contributed by atoms with Crippen LogP contribution in [0.1, 0.15) is 6.42 Å². The van der Waals surface area contributed by atoms with Crippen molar-refractivity contribution in [2.24, 2.45) is 11.8 Å². The number of rotatable bonds is 2. The summed E-state index contributed by atoms with van der Waals surface area (Å²) in [5.41, 5.74) is 0. The molecule has 1 N–H and O–H groups in total. The molecular formula is C6H9F2O. The van der Waals surface area contributed by atoms with E-state index in [1.807, 2.05) is 0 Å². The fourth-order valence-electron chi connectivity index (χ4n) is 1.10. The lowest BCUT2D eigenvalue weighted by Crippen LogP contribution is -1.97. The number of hydrogen-bond acceptors (Lipinski definition) is 1. The standard InChI is InChI=1S/C6H9F2O/c1-2-4-5(3-9)6(4,7)8/h4-5,9H,1-3H2. The molecule has 0 bridgehead atoms. The van der Waals surface area contributed by atoms with Crippen molar-refractivity contribution in [2.45, 2.75) is 12.3 Å². The van der Waals surface area contributed by atoms with E-state index in [0.717, 1.165) is 0 Å². The van der Waals surface area contributed by atoms with E-state index < -0.39 is 24.4 Å². The van der Waals surface area contributed by atoms with Crippen molar-refractivity contribution in [1.29, 1.82) is 0 Å². The predicted octanol–water partition coefficient (Wildman–Crippen LogP) is 1.08. The van der Waals surface area contributed by atoms with E-state index in [2.05, 4.69) is 6.92 Å². The first kappa shape index (κ1) is 6.93. The van der Waals surface area contributed by atoms with Crippen LogP contribution in [0.5, 0.6) is 0 Å². The highest BCUT2D eigenvalue weighted by atomic mass is 19.3. The zero-order valence-electron chi connectivity index (χ0n) is 4.98. The molecule has 2 unspecified atom stereocenters. The van der Waals surface area contributed by atoms with Gasteiger partial charge in [-0.25, -0.2) is 8.78 Å². The highest BCUT2D eigenvalue weighted by Gasteiger charge is 2.66. The minimum atomic E-state index is -2.63. The van der Waals surface area contributed by atoms with Gasteiger partial charge in [-0.05, 0) is 6.42 Å². The second-order valence-electron chi connectivity index (χ2n) is 2.36. The average molecular weight is 135 g/mol. The van der Waals surface area contributed by atoms with Gasteiger partial charge in [0.2, 0.25) is 0 Å². The van der Waals surface area contributed by atoms with Crippen LogP contribution in [-0.4, -0.2) is 17.6 Å². The van der Waals surface area contributed by atoms with Crippen LogP contribution in [-0.2, 0) is 0 Å². The Kier molecular flexibility index (Phi) is 1.47. The summed E-state index contributed by atoms with van der Waals surface area (Å²) in [5, 5.41) is 8.34. The van der Waals surface area contributed by atoms with Crippen molar-refractivity contribution >= 4 is 0 Å². The maximum atomic E-state index is 12.3. The third-order valence-corrected chi connectivity index (χ3v) is 1.87. The fourth-order valence-corrected chi connectivity index (χ4v) is 1.10. The van der Waals surface area contributed by atoms with Crippen LogP contribution in [0.15, 0.2) is 0 Å². The number of aliphatic hydroxyl groups excluding tert-OH is 1. The van der Waals surface area contributed by atoms with Gasteiger partial charge in [0.05, 0.1) is 12.5 Å². The molecule has 53 valence electrons. The van der Waals surface area contributed by atoms with Crippen molar-refractivity contribution in [3.8, 4) is 0 Å². The topological polar surface area (TPSA) is 20.2 Å². The number of aliphatic hydroxyl groups is 1. The van der Waals surface area contributed by atoms with Gasteiger partial charge in [-0.15, -0.1) is 0 Å². The minimum Gasteiger partial charge on any atom is -0.396 e. The van der Waals surface area contributed by atoms with E-state index >= 15 is 0 Å². The fraction of sp³-hybridized carbons (Fsp3) is 0.833. The molecule has 3 heteroatoms. The van der Waals surface area contributed by atoms with Crippen LogP contribution < -0.4 is 0 Å². The Labute approximate surface area is 52.7 Å². The summed E-state index contributed by atoms with van der Waals surface area (Å²) in [6, 6.07) is 0. The molecule has 9 heavy (non-hydrogen) atoms. The van der Waals surface area contributed by atoms with E-state index in [9.17, 15) is 8.78 Å². The van der Waals surface area contributed by atoms with Crippen molar-refractivity contribution in [3.05, 3.63) is 6.92 Å². The molecule has 1 radical (unpaired) electrons. The first-order valence-corrected chi connectivity index (χ1v) is 2.92. The third-order valence-electron chi connectivity index (χ3n) is 1.87. The van der Waals surface area contributed by atoms with Crippen LogP contribution in [0.4, 0.5) is 8.78 Å². The zero-order valence-corrected chi connectivity index (χ0v) is 4.98. The summed E-state index contributed by atoms with van der Waals surface area (Å²) < 4.78 is 24.5. The van der Waals surface area contributed by atoms with Gasteiger partial charge in [0, 0.05) is 5.92 Å².